The molecule has 0 saturated heterocycles. The summed E-state index contributed by atoms with van der Waals surface area (Å²) in [5, 5.41) is 11.9. The minimum absolute atomic E-state index is 0. The molecule has 0 heterocycles. The molecule has 0 atom stereocenters. The summed E-state index contributed by atoms with van der Waals surface area (Å²) in [7, 11) is 0. The average Bonchev–Trinajstić information content (AvgIpc) is 1.80. The van der Waals surface area contributed by atoms with E-state index in [0.29, 0.717) is 6.54 Å². The van der Waals surface area contributed by atoms with E-state index in [2.05, 4.69) is 12.2 Å². The minimum Gasteiger partial charge on any atom is -0.530 e. The molecule has 10 heavy (non-hydrogen) atoms. The second-order valence-electron chi connectivity index (χ2n) is 1.92. The van der Waals surface area contributed by atoms with Crippen molar-refractivity contribution in [1.82, 2.24) is 5.32 Å². The summed E-state index contributed by atoms with van der Waals surface area (Å²) in [5.41, 5.74) is 0. The van der Waals surface area contributed by atoms with Gasteiger partial charge in [-0.15, -0.1) is 0 Å². The van der Waals surface area contributed by atoms with E-state index in [-0.39, 0.29) is 29.6 Å². The van der Waals surface area contributed by atoms with Crippen LogP contribution in [-0.2, 0) is 0 Å². The van der Waals surface area contributed by atoms with Gasteiger partial charge in [0.15, 0.2) is 0 Å². The van der Waals surface area contributed by atoms with Crippen molar-refractivity contribution in [2.75, 3.05) is 6.54 Å². The van der Waals surface area contributed by atoms with Gasteiger partial charge in [0.2, 0.25) is 0 Å². The van der Waals surface area contributed by atoms with Crippen molar-refractivity contribution in [3.63, 3.8) is 0 Å². The van der Waals surface area contributed by atoms with E-state index < -0.39 is 6.09 Å². The first kappa shape index (κ1) is 12.9. The Balaban J connectivity index is 0. The summed E-state index contributed by atoms with van der Waals surface area (Å²) in [6.07, 6.45) is 1.91. The average molecular weight is 153 g/mol. The van der Waals surface area contributed by atoms with E-state index in [1.165, 1.54) is 0 Å². The SMILES string of the molecule is CCCCCNC(=O)[O-].[Na+]. The maximum Gasteiger partial charge on any atom is 1.00 e. The summed E-state index contributed by atoms with van der Waals surface area (Å²) in [6, 6.07) is 0. The van der Waals surface area contributed by atoms with Crippen molar-refractivity contribution in [3.8, 4) is 0 Å². The van der Waals surface area contributed by atoms with Gasteiger partial charge in [0.25, 0.3) is 0 Å². The first-order valence-electron chi connectivity index (χ1n) is 3.22. The molecule has 0 aliphatic heterocycles. The third-order valence-electron chi connectivity index (χ3n) is 1.05. The quantitative estimate of drug-likeness (QED) is 0.348. The van der Waals surface area contributed by atoms with Crippen LogP contribution < -0.4 is 40.0 Å². The van der Waals surface area contributed by atoms with Crippen molar-refractivity contribution in [2.45, 2.75) is 26.2 Å². The molecule has 0 aromatic rings. The molecule has 0 fully saturated rings. The van der Waals surface area contributed by atoms with Crippen LogP contribution in [0.1, 0.15) is 26.2 Å². The Labute approximate surface area is 83.5 Å². The molecule has 0 aromatic heterocycles. The molecule has 0 aliphatic rings. The summed E-state index contributed by atoms with van der Waals surface area (Å²) >= 11 is 0. The number of amides is 1. The number of carbonyl (C=O) groups is 1. The van der Waals surface area contributed by atoms with Gasteiger partial charge in [0.1, 0.15) is 6.09 Å². The van der Waals surface area contributed by atoms with Crippen molar-refractivity contribution >= 4 is 6.09 Å². The molecule has 0 spiro atoms. The van der Waals surface area contributed by atoms with Crippen LogP contribution in [0.15, 0.2) is 0 Å². The molecule has 0 aromatic carbocycles. The fourth-order valence-electron chi connectivity index (χ4n) is 0.565. The molecule has 54 valence electrons. The van der Waals surface area contributed by atoms with E-state index >= 15 is 0 Å². The van der Waals surface area contributed by atoms with E-state index in [1.807, 2.05) is 0 Å². The van der Waals surface area contributed by atoms with Gasteiger partial charge in [-0.1, -0.05) is 19.8 Å². The molecule has 0 unspecified atom stereocenters. The van der Waals surface area contributed by atoms with Crippen LogP contribution >= 0.6 is 0 Å². The van der Waals surface area contributed by atoms with Crippen LogP contribution in [0.25, 0.3) is 0 Å². The molecular formula is C6H12NNaO2. The van der Waals surface area contributed by atoms with Gasteiger partial charge in [0.05, 0.1) is 0 Å². The Bertz CT molecular complexity index is 87.8. The van der Waals surface area contributed by atoms with Crippen molar-refractivity contribution in [3.05, 3.63) is 0 Å². The fourth-order valence-corrected chi connectivity index (χ4v) is 0.565. The maximum atomic E-state index is 9.74. The van der Waals surface area contributed by atoms with Crippen LogP contribution in [0.3, 0.4) is 0 Å². The Kier molecular flexibility index (Phi) is 12.0. The van der Waals surface area contributed by atoms with Gasteiger partial charge >= 0.3 is 29.6 Å². The minimum atomic E-state index is -1.17. The molecule has 0 radical (unpaired) electrons. The maximum absolute atomic E-state index is 9.74. The third kappa shape index (κ3) is 11.1. The topological polar surface area (TPSA) is 52.2 Å². The Hall–Kier alpha value is 0.270. The summed E-state index contributed by atoms with van der Waals surface area (Å²) in [5.74, 6) is 0. The van der Waals surface area contributed by atoms with E-state index in [0.717, 1.165) is 19.3 Å². The molecule has 1 N–H and O–H groups in total. The molecule has 3 nitrogen and oxygen atoms in total. The van der Waals surface area contributed by atoms with Crippen LogP contribution in [0.2, 0.25) is 0 Å². The number of hydrogen-bond donors (Lipinski definition) is 1. The summed E-state index contributed by atoms with van der Waals surface area (Å²) in [4.78, 5) is 9.74. The van der Waals surface area contributed by atoms with Gasteiger partial charge in [-0.05, 0) is 6.42 Å². The number of nitrogens with one attached hydrogen (secondary N) is 1. The van der Waals surface area contributed by atoms with Crippen molar-refractivity contribution < 1.29 is 39.5 Å². The molecule has 0 aliphatic carbocycles. The number of carboxylic acid groups (broad SMARTS) is 1. The second kappa shape index (κ2) is 9.27. The van der Waals surface area contributed by atoms with E-state index in [1.54, 1.807) is 0 Å². The van der Waals surface area contributed by atoms with Crippen LogP contribution in [0.5, 0.6) is 0 Å². The molecule has 0 saturated carbocycles. The molecule has 0 rings (SSSR count). The van der Waals surface area contributed by atoms with Crippen molar-refractivity contribution in [2.24, 2.45) is 0 Å². The number of unbranched alkanes of at least 4 members (excludes halogenated alkanes) is 2. The first-order chi connectivity index (χ1) is 4.27. The third-order valence-corrected chi connectivity index (χ3v) is 1.05. The number of hydrogen-bond acceptors (Lipinski definition) is 2. The van der Waals surface area contributed by atoms with Crippen LogP contribution in [-0.4, -0.2) is 12.6 Å². The zero-order valence-electron chi connectivity index (χ0n) is 6.64. The fraction of sp³-hybridized carbons (Fsp3) is 0.833. The Morgan fingerprint density at radius 1 is 1.50 bits per heavy atom. The summed E-state index contributed by atoms with van der Waals surface area (Å²) in [6.45, 7) is 2.59. The first-order valence-corrected chi connectivity index (χ1v) is 3.22. The second-order valence-corrected chi connectivity index (χ2v) is 1.92. The zero-order valence-corrected chi connectivity index (χ0v) is 8.64. The Morgan fingerprint density at radius 3 is 2.50 bits per heavy atom. The normalized spacial score (nSPS) is 8.10. The van der Waals surface area contributed by atoms with E-state index in [4.69, 9.17) is 0 Å². The van der Waals surface area contributed by atoms with Crippen LogP contribution in [0, 0.1) is 0 Å². The van der Waals surface area contributed by atoms with Crippen LogP contribution in [0.4, 0.5) is 4.79 Å². The zero-order chi connectivity index (χ0) is 7.11. The molecule has 0 bridgehead atoms. The number of rotatable bonds is 4. The predicted octanol–water partition coefficient (Wildman–Crippen LogP) is -2.89. The van der Waals surface area contributed by atoms with Crippen molar-refractivity contribution in [1.29, 1.82) is 0 Å². The largest absolute Gasteiger partial charge is 1.00 e. The van der Waals surface area contributed by atoms with E-state index in [9.17, 15) is 9.90 Å². The van der Waals surface area contributed by atoms with Gasteiger partial charge < -0.3 is 15.2 Å². The predicted molar refractivity (Wildman–Crippen MR) is 32.9 cm³/mol. The Morgan fingerprint density at radius 2 is 2.10 bits per heavy atom. The van der Waals surface area contributed by atoms with Gasteiger partial charge in [-0.25, -0.2) is 0 Å². The molecule has 1 amide bonds. The molecule has 4 heteroatoms. The molecular weight excluding hydrogens is 141 g/mol. The standard InChI is InChI=1S/C6H13NO2.Na/c1-2-3-4-5-7-6(8)9;/h7H,2-5H2,1H3,(H,8,9);/q;+1/p-1. The smallest absolute Gasteiger partial charge is 0.530 e. The van der Waals surface area contributed by atoms with Gasteiger partial charge in [-0.2, -0.15) is 0 Å². The van der Waals surface area contributed by atoms with Gasteiger partial charge in [-0.3, -0.25) is 0 Å². The van der Waals surface area contributed by atoms with Gasteiger partial charge in [0, 0.05) is 6.54 Å². The number of carbonyl (C=O) groups excluding carboxylic acids is 1. The summed E-state index contributed by atoms with van der Waals surface area (Å²) < 4.78 is 0. The monoisotopic (exact) mass is 153 g/mol.